The average molecular weight is 329 g/mol. The largest absolute Gasteiger partial charge is 0.338 e. The smallest absolute Gasteiger partial charge is 0.315 e. The van der Waals surface area contributed by atoms with Gasteiger partial charge in [0, 0.05) is 6.54 Å². The van der Waals surface area contributed by atoms with Crippen molar-refractivity contribution in [2.24, 2.45) is 5.92 Å². The molecule has 132 valence electrons. The summed E-state index contributed by atoms with van der Waals surface area (Å²) >= 11 is 0. The molecule has 3 nitrogen and oxygen atoms in total. The Morgan fingerprint density at radius 1 is 1.08 bits per heavy atom. The highest BCUT2D eigenvalue weighted by Crippen LogP contribution is 2.26. The zero-order valence-electron chi connectivity index (χ0n) is 15.1. The molecule has 3 rings (SSSR count). The molecule has 0 heterocycles. The minimum absolute atomic E-state index is 0.0315. The average Bonchev–Trinajstić information content (AvgIpc) is 2.62. The van der Waals surface area contributed by atoms with Crippen molar-refractivity contribution >= 4 is 6.03 Å². The molecular formula is C21H32N2O. The van der Waals surface area contributed by atoms with E-state index in [4.69, 9.17) is 0 Å². The van der Waals surface area contributed by atoms with E-state index in [0.29, 0.717) is 0 Å². The quantitative estimate of drug-likeness (QED) is 0.793. The Morgan fingerprint density at radius 3 is 2.62 bits per heavy atom. The number of hydrogen-bond donors (Lipinski definition) is 2. The molecule has 0 radical (unpaired) electrons. The molecular weight excluding hydrogens is 296 g/mol. The fraction of sp³-hybridized carbons (Fsp3) is 0.667. The SMILES string of the molecule is CC(NC(=O)NCCC1CCCCC1)c1ccc2c(c1)CCCC2. The van der Waals surface area contributed by atoms with Gasteiger partial charge in [-0.3, -0.25) is 0 Å². The van der Waals surface area contributed by atoms with Crippen molar-refractivity contribution < 1.29 is 4.79 Å². The number of carbonyl (C=O) groups excluding carboxylic acids is 1. The molecule has 3 heteroatoms. The fourth-order valence-electron chi connectivity index (χ4n) is 4.22. The van der Waals surface area contributed by atoms with E-state index in [1.165, 1.54) is 74.5 Å². The van der Waals surface area contributed by atoms with Crippen LogP contribution < -0.4 is 10.6 Å². The predicted molar refractivity (Wildman–Crippen MR) is 99.2 cm³/mol. The summed E-state index contributed by atoms with van der Waals surface area (Å²) in [4.78, 5) is 12.1. The molecule has 1 saturated carbocycles. The second kappa shape index (κ2) is 8.55. The molecule has 1 atom stereocenters. The number of hydrogen-bond acceptors (Lipinski definition) is 1. The van der Waals surface area contributed by atoms with Gasteiger partial charge in [0.05, 0.1) is 6.04 Å². The maximum Gasteiger partial charge on any atom is 0.315 e. The highest BCUT2D eigenvalue weighted by molar-refractivity contribution is 5.74. The molecule has 2 aliphatic carbocycles. The van der Waals surface area contributed by atoms with E-state index in [2.05, 4.69) is 35.8 Å². The highest BCUT2D eigenvalue weighted by Gasteiger charge is 2.15. The number of amides is 2. The van der Waals surface area contributed by atoms with Crippen molar-refractivity contribution in [3.05, 3.63) is 34.9 Å². The summed E-state index contributed by atoms with van der Waals surface area (Å²) in [5, 5.41) is 6.13. The van der Waals surface area contributed by atoms with Crippen LogP contribution in [-0.4, -0.2) is 12.6 Å². The number of nitrogens with one attached hydrogen (secondary N) is 2. The summed E-state index contributed by atoms with van der Waals surface area (Å²) in [5.41, 5.74) is 4.19. The summed E-state index contributed by atoms with van der Waals surface area (Å²) in [6.45, 7) is 2.87. The van der Waals surface area contributed by atoms with Crippen molar-refractivity contribution in [3.63, 3.8) is 0 Å². The first kappa shape index (κ1) is 17.3. The van der Waals surface area contributed by atoms with Crippen LogP contribution in [0.15, 0.2) is 18.2 Å². The first-order valence-electron chi connectivity index (χ1n) is 9.88. The lowest BCUT2D eigenvalue weighted by molar-refractivity contribution is 0.236. The fourth-order valence-corrected chi connectivity index (χ4v) is 4.22. The predicted octanol–water partition coefficient (Wildman–Crippen LogP) is 4.90. The van der Waals surface area contributed by atoms with Gasteiger partial charge in [-0.1, -0.05) is 50.3 Å². The van der Waals surface area contributed by atoms with E-state index in [1.807, 2.05) is 0 Å². The lowest BCUT2D eigenvalue weighted by Crippen LogP contribution is -2.38. The van der Waals surface area contributed by atoms with Crippen molar-refractivity contribution in [2.45, 2.75) is 77.2 Å². The van der Waals surface area contributed by atoms with E-state index in [0.717, 1.165) is 18.9 Å². The Balaban J connectivity index is 1.43. The van der Waals surface area contributed by atoms with Gasteiger partial charge in [0.2, 0.25) is 0 Å². The van der Waals surface area contributed by atoms with Gasteiger partial charge in [0.25, 0.3) is 0 Å². The number of carbonyl (C=O) groups is 1. The topological polar surface area (TPSA) is 41.1 Å². The molecule has 1 aromatic rings. The second-order valence-electron chi connectivity index (χ2n) is 7.65. The van der Waals surface area contributed by atoms with Crippen LogP contribution in [0.25, 0.3) is 0 Å². The zero-order chi connectivity index (χ0) is 16.8. The van der Waals surface area contributed by atoms with E-state index in [9.17, 15) is 4.79 Å². The van der Waals surface area contributed by atoms with Crippen LogP contribution in [0.5, 0.6) is 0 Å². The summed E-state index contributed by atoms with van der Waals surface area (Å²) in [6.07, 6.45) is 12.9. The van der Waals surface area contributed by atoms with Gasteiger partial charge in [0.15, 0.2) is 0 Å². The van der Waals surface area contributed by atoms with Crippen molar-refractivity contribution in [3.8, 4) is 0 Å². The van der Waals surface area contributed by atoms with Crippen molar-refractivity contribution in [2.75, 3.05) is 6.54 Å². The van der Waals surface area contributed by atoms with E-state index >= 15 is 0 Å². The first-order chi connectivity index (χ1) is 11.7. The molecule has 2 N–H and O–H groups in total. The van der Waals surface area contributed by atoms with Gasteiger partial charge >= 0.3 is 6.03 Å². The Bertz CT molecular complexity index is 549. The molecule has 1 fully saturated rings. The molecule has 0 aliphatic heterocycles. The molecule has 0 spiro atoms. The molecule has 0 aromatic heterocycles. The van der Waals surface area contributed by atoms with Gasteiger partial charge in [-0.15, -0.1) is 0 Å². The summed E-state index contributed by atoms with van der Waals surface area (Å²) < 4.78 is 0. The standard InChI is InChI=1S/C21H32N2O/c1-16(19-12-11-18-9-5-6-10-20(18)15-19)23-21(24)22-14-13-17-7-3-2-4-8-17/h11-12,15-17H,2-10,13-14H2,1H3,(H2,22,23,24). The zero-order valence-corrected chi connectivity index (χ0v) is 15.1. The minimum Gasteiger partial charge on any atom is -0.338 e. The van der Waals surface area contributed by atoms with Crippen LogP contribution in [0.2, 0.25) is 0 Å². The molecule has 1 unspecified atom stereocenters. The second-order valence-corrected chi connectivity index (χ2v) is 7.65. The van der Waals surface area contributed by atoms with Crippen LogP contribution in [0.1, 0.15) is 81.0 Å². The Labute approximate surface area is 146 Å². The summed E-state index contributed by atoms with van der Waals surface area (Å²) in [5.74, 6) is 0.817. The summed E-state index contributed by atoms with van der Waals surface area (Å²) in [7, 11) is 0. The minimum atomic E-state index is -0.0315. The van der Waals surface area contributed by atoms with Crippen LogP contribution in [-0.2, 0) is 12.8 Å². The van der Waals surface area contributed by atoms with Gasteiger partial charge < -0.3 is 10.6 Å². The highest BCUT2D eigenvalue weighted by atomic mass is 16.2. The number of fused-ring (bicyclic) bond motifs is 1. The third-order valence-corrected chi connectivity index (χ3v) is 5.78. The lowest BCUT2D eigenvalue weighted by Gasteiger charge is -2.22. The molecule has 1 aromatic carbocycles. The molecule has 24 heavy (non-hydrogen) atoms. The maximum atomic E-state index is 12.1. The molecule has 2 aliphatic rings. The summed E-state index contributed by atoms with van der Waals surface area (Å²) in [6, 6.07) is 6.75. The maximum absolute atomic E-state index is 12.1. The normalized spacial score (nSPS) is 19.4. The van der Waals surface area contributed by atoms with Crippen LogP contribution in [0.3, 0.4) is 0 Å². The lowest BCUT2D eigenvalue weighted by atomic mass is 9.87. The third kappa shape index (κ3) is 4.75. The number of benzene rings is 1. The van der Waals surface area contributed by atoms with Crippen LogP contribution in [0, 0.1) is 5.92 Å². The Morgan fingerprint density at radius 2 is 1.83 bits per heavy atom. The number of urea groups is 1. The third-order valence-electron chi connectivity index (χ3n) is 5.78. The Hall–Kier alpha value is -1.51. The van der Waals surface area contributed by atoms with E-state index in [-0.39, 0.29) is 12.1 Å². The first-order valence-corrected chi connectivity index (χ1v) is 9.88. The molecule has 0 bridgehead atoms. The van der Waals surface area contributed by atoms with Gasteiger partial charge in [-0.05, 0) is 61.6 Å². The van der Waals surface area contributed by atoms with E-state index < -0.39 is 0 Å². The van der Waals surface area contributed by atoms with Gasteiger partial charge in [0.1, 0.15) is 0 Å². The van der Waals surface area contributed by atoms with Crippen LogP contribution in [0.4, 0.5) is 4.79 Å². The molecule has 0 saturated heterocycles. The Kier molecular flexibility index (Phi) is 6.17. The molecule has 2 amide bonds. The van der Waals surface area contributed by atoms with Gasteiger partial charge in [-0.25, -0.2) is 4.79 Å². The van der Waals surface area contributed by atoms with Crippen molar-refractivity contribution in [1.29, 1.82) is 0 Å². The number of aryl methyl sites for hydroxylation is 2. The monoisotopic (exact) mass is 328 g/mol. The van der Waals surface area contributed by atoms with Crippen molar-refractivity contribution in [1.82, 2.24) is 10.6 Å². The number of rotatable bonds is 5. The van der Waals surface area contributed by atoms with Crippen LogP contribution >= 0.6 is 0 Å². The van der Waals surface area contributed by atoms with Gasteiger partial charge in [-0.2, -0.15) is 0 Å². The van der Waals surface area contributed by atoms with E-state index in [1.54, 1.807) is 0 Å².